The minimum Gasteiger partial charge on any atom is -0.492 e. The molecule has 1 aromatic carbocycles. The fourth-order valence-corrected chi connectivity index (χ4v) is 2.62. The summed E-state index contributed by atoms with van der Waals surface area (Å²) in [5, 5.41) is 3.24. The van der Waals surface area contributed by atoms with Gasteiger partial charge in [0.15, 0.2) is 0 Å². The SMILES string of the molecule is Cc1ccc(OCCNCc2ccc(Cl)s2)cc1F. The molecule has 5 heteroatoms. The summed E-state index contributed by atoms with van der Waals surface area (Å²) in [7, 11) is 0. The number of hydrogen-bond donors (Lipinski definition) is 1. The number of ether oxygens (including phenoxy) is 1. The van der Waals surface area contributed by atoms with Crippen LogP contribution in [-0.4, -0.2) is 13.2 Å². The van der Waals surface area contributed by atoms with Gasteiger partial charge in [0.2, 0.25) is 0 Å². The molecule has 2 nitrogen and oxygen atoms in total. The van der Waals surface area contributed by atoms with Gasteiger partial charge in [0.25, 0.3) is 0 Å². The van der Waals surface area contributed by atoms with E-state index in [2.05, 4.69) is 5.32 Å². The Hall–Kier alpha value is -1.10. The molecule has 0 aliphatic rings. The van der Waals surface area contributed by atoms with Crippen LogP contribution in [-0.2, 0) is 6.54 Å². The van der Waals surface area contributed by atoms with Crippen molar-refractivity contribution in [2.45, 2.75) is 13.5 Å². The lowest BCUT2D eigenvalue weighted by molar-refractivity contribution is 0.312. The highest BCUT2D eigenvalue weighted by atomic mass is 35.5. The standard InChI is InChI=1S/C14H15ClFNOS/c1-10-2-3-11(8-13(10)16)18-7-6-17-9-12-4-5-14(15)19-12/h2-5,8,17H,6-7,9H2,1H3. The van der Waals surface area contributed by atoms with Gasteiger partial charge in [-0.1, -0.05) is 17.7 Å². The number of aryl methyl sites for hydroxylation is 1. The Balaban J connectivity index is 1.67. The third-order valence-electron chi connectivity index (χ3n) is 2.62. The molecular formula is C14H15ClFNOS. The smallest absolute Gasteiger partial charge is 0.129 e. The van der Waals surface area contributed by atoms with Gasteiger partial charge < -0.3 is 10.1 Å². The predicted molar refractivity (Wildman–Crippen MR) is 77.7 cm³/mol. The van der Waals surface area contributed by atoms with E-state index >= 15 is 0 Å². The van der Waals surface area contributed by atoms with E-state index < -0.39 is 0 Å². The van der Waals surface area contributed by atoms with Crippen LogP contribution >= 0.6 is 22.9 Å². The zero-order valence-corrected chi connectivity index (χ0v) is 12.2. The van der Waals surface area contributed by atoms with Gasteiger partial charge in [-0.3, -0.25) is 0 Å². The van der Waals surface area contributed by atoms with Gasteiger partial charge in [-0.25, -0.2) is 4.39 Å². The van der Waals surface area contributed by atoms with Crippen molar-refractivity contribution < 1.29 is 9.13 Å². The molecule has 102 valence electrons. The van der Waals surface area contributed by atoms with Gasteiger partial charge in [0.1, 0.15) is 18.2 Å². The molecule has 1 N–H and O–H groups in total. The monoisotopic (exact) mass is 299 g/mol. The summed E-state index contributed by atoms with van der Waals surface area (Å²) >= 11 is 7.40. The van der Waals surface area contributed by atoms with Gasteiger partial charge in [0, 0.05) is 24.0 Å². The van der Waals surface area contributed by atoms with Crippen LogP contribution < -0.4 is 10.1 Å². The maximum atomic E-state index is 13.3. The molecule has 19 heavy (non-hydrogen) atoms. The van der Waals surface area contributed by atoms with Gasteiger partial charge >= 0.3 is 0 Å². The van der Waals surface area contributed by atoms with Crippen molar-refractivity contribution in [1.29, 1.82) is 0 Å². The van der Waals surface area contributed by atoms with Crippen molar-refractivity contribution in [3.63, 3.8) is 0 Å². The van der Waals surface area contributed by atoms with Crippen LogP contribution in [0.3, 0.4) is 0 Å². The molecule has 0 aliphatic heterocycles. The van der Waals surface area contributed by atoms with Crippen molar-refractivity contribution in [1.82, 2.24) is 5.32 Å². The maximum Gasteiger partial charge on any atom is 0.129 e. The first-order valence-corrected chi connectivity index (χ1v) is 7.18. The van der Waals surface area contributed by atoms with Crippen molar-refractivity contribution in [3.8, 4) is 5.75 Å². The van der Waals surface area contributed by atoms with E-state index in [0.29, 0.717) is 24.5 Å². The summed E-state index contributed by atoms with van der Waals surface area (Å²) in [5.74, 6) is 0.322. The second-order valence-electron chi connectivity index (χ2n) is 4.14. The zero-order chi connectivity index (χ0) is 13.7. The Morgan fingerprint density at radius 3 is 2.84 bits per heavy atom. The highest BCUT2D eigenvalue weighted by molar-refractivity contribution is 7.16. The first kappa shape index (κ1) is 14.3. The molecule has 0 saturated heterocycles. The van der Waals surface area contributed by atoms with E-state index in [-0.39, 0.29) is 5.82 Å². The summed E-state index contributed by atoms with van der Waals surface area (Å²) in [5.41, 5.74) is 0.625. The highest BCUT2D eigenvalue weighted by Gasteiger charge is 2.00. The molecule has 0 amide bonds. The number of nitrogens with one attached hydrogen (secondary N) is 1. The third-order valence-corrected chi connectivity index (χ3v) is 3.85. The van der Waals surface area contributed by atoms with Crippen molar-refractivity contribution in [3.05, 3.63) is 50.9 Å². The zero-order valence-electron chi connectivity index (χ0n) is 10.6. The molecule has 0 spiro atoms. The molecule has 1 heterocycles. The fourth-order valence-electron chi connectivity index (χ4n) is 1.56. The Labute approximate surface area is 121 Å². The average molecular weight is 300 g/mol. The molecule has 0 bridgehead atoms. The fraction of sp³-hybridized carbons (Fsp3) is 0.286. The normalized spacial score (nSPS) is 10.7. The molecule has 0 saturated carbocycles. The lowest BCUT2D eigenvalue weighted by Gasteiger charge is -2.07. The molecule has 0 unspecified atom stereocenters. The highest BCUT2D eigenvalue weighted by Crippen LogP contribution is 2.21. The molecule has 2 rings (SSSR count). The van der Waals surface area contributed by atoms with Gasteiger partial charge in [0.05, 0.1) is 4.34 Å². The Morgan fingerprint density at radius 2 is 2.16 bits per heavy atom. The summed E-state index contributed by atoms with van der Waals surface area (Å²) in [6.45, 7) is 3.70. The number of halogens is 2. The molecular weight excluding hydrogens is 285 g/mol. The van der Waals surface area contributed by atoms with Crippen LogP contribution in [0.25, 0.3) is 0 Å². The van der Waals surface area contributed by atoms with E-state index in [9.17, 15) is 4.39 Å². The van der Waals surface area contributed by atoms with Crippen LogP contribution in [0, 0.1) is 12.7 Å². The number of hydrogen-bond acceptors (Lipinski definition) is 3. The Morgan fingerprint density at radius 1 is 1.32 bits per heavy atom. The van der Waals surface area contributed by atoms with Crippen LogP contribution in [0.1, 0.15) is 10.4 Å². The van der Waals surface area contributed by atoms with Crippen molar-refractivity contribution >= 4 is 22.9 Å². The van der Waals surface area contributed by atoms with Gasteiger partial charge in [-0.05, 0) is 30.7 Å². The first-order chi connectivity index (χ1) is 9.15. The maximum absolute atomic E-state index is 13.3. The predicted octanol–water partition coefficient (Wildman–Crippen LogP) is 4.02. The molecule has 1 aromatic heterocycles. The van der Waals surface area contributed by atoms with Crippen LogP contribution in [0.15, 0.2) is 30.3 Å². The minimum atomic E-state index is -0.237. The molecule has 0 fully saturated rings. The topological polar surface area (TPSA) is 21.3 Å². The summed E-state index contributed by atoms with van der Waals surface area (Å²) in [4.78, 5) is 1.19. The number of benzene rings is 1. The van der Waals surface area contributed by atoms with Gasteiger partial charge in [-0.2, -0.15) is 0 Å². The third kappa shape index (κ3) is 4.49. The lowest BCUT2D eigenvalue weighted by atomic mass is 10.2. The largest absolute Gasteiger partial charge is 0.492 e. The minimum absolute atomic E-state index is 0.237. The van der Waals surface area contributed by atoms with Crippen LogP contribution in [0.4, 0.5) is 4.39 Å². The second-order valence-corrected chi connectivity index (χ2v) is 5.94. The summed E-state index contributed by atoms with van der Waals surface area (Å²) in [6.07, 6.45) is 0. The Kier molecular flexibility index (Phi) is 5.19. The van der Waals surface area contributed by atoms with Crippen LogP contribution in [0.2, 0.25) is 4.34 Å². The molecule has 0 atom stereocenters. The van der Waals surface area contributed by atoms with E-state index in [1.165, 1.54) is 10.9 Å². The quantitative estimate of drug-likeness (QED) is 0.814. The molecule has 0 aliphatic carbocycles. The van der Waals surface area contributed by atoms with E-state index in [1.54, 1.807) is 30.4 Å². The summed E-state index contributed by atoms with van der Waals surface area (Å²) < 4.78 is 19.5. The number of thiophene rings is 1. The van der Waals surface area contributed by atoms with Crippen LogP contribution in [0.5, 0.6) is 5.75 Å². The Bertz CT molecular complexity index is 544. The average Bonchev–Trinajstić information content (AvgIpc) is 2.79. The first-order valence-electron chi connectivity index (χ1n) is 5.99. The van der Waals surface area contributed by atoms with Crippen molar-refractivity contribution in [2.24, 2.45) is 0 Å². The van der Waals surface area contributed by atoms with Crippen molar-refractivity contribution in [2.75, 3.05) is 13.2 Å². The van der Waals surface area contributed by atoms with Gasteiger partial charge in [-0.15, -0.1) is 11.3 Å². The number of rotatable bonds is 6. The summed E-state index contributed by atoms with van der Waals surface area (Å²) in [6, 6.07) is 8.78. The van der Waals surface area contributed by atoms with E-state index in [0.717, 1.165) is 10.9 Å². The molecule has 0 radical (unpaired) electrons. The molecule has 2 aromatic rings. The van der Waals surface area contributed by atoms with E-state index in [4.69, 9.17) is 16.3 Å². The van der Waals surface area contributed by atoms with E-state index in [1.807, 2.05) is 12.1 Å². The lowest BCUT2D eigenvalue weighted by Crippen LogP contribution is -2.20. The second kappa shape index (κ2) is 6.89.